The molecule has 0 aliphatic rings. The van der Waals surface area contributed by atoms with Crippen LogP contribution in [0.4, 0.5) is 5.69 Å². The lowest BCUT2D eigenvalue weighted by Gasteiger charge is -1.97. The van der Waals surface area contributed by atoms with Gasteiger partial charge in [0.05, 0.1) is 8.71 Å². The minimum Gasteiger partial charge on any atom is -0.360 e. The maximum atomic E-state index is 12.4. The van der Waals surface area contributed by atoms with E-state index in [-0.39, 0.29) is 11.5 Å². The number of nitro groups is 1. The van der Waals surface area contributed by atoms with Gasteiger partial charge in [-0.3, -0.25) is 14.9 Å². The maximum Gasteiger partial charge on any atom is 0.270 e. The summed E-state index contributed by atoms with van der Waals surface area (Å²) >= 11 is 4.73. The quantitative estimate of drug-likeness (QED) is 0.438. The molecule has 0 bridgehead atoms. The number of carbonyl (C=O) groups excluding carboxylic acids is 1. The van der Waals surface area contributed by atoms with Crippen LogP contribution >= 0.6 is 27.3 Å². The number of rotatable bonds is 3. The molecule has 0 radical (unpaired) electrons. The van der Waals surface area contributed by atoms with Gasteiger partial charge in [-0.15, -0.1) is 11.3 Å². The lowest BCUT2D eigenvalue weighted by Crippen LogP contribution is -1.98. The van der Waals surface area contributed by atoms with Crippen molar-refractivity contribution >= 4 is 49.6 Å². The van der Waals surface area contributed by atoms with Gasteiger partial charge in [0.15, 0.2) is 5.78 Å². The fourth-order valence-electron chi connectivity index (χ4n) is 1.99. The zero-order chi connectivity index (χ0) is 14.3. The van der Waals surface area contributed by atoms with Crippen LogP contribution in [0.25, 0.3) is 10.9 Å². The van der Waals surface area contributed by atoms with Gasteiger partial charge >= 0.3 is 0 Å². The van der Waals surface area contributed by atoms with Crippen molar-refractivity contribution in [2.24, 2.45) is 0 Å². The minimum absolute atomic E-state index is 0.0300. The largest absolute Gasteiger partial charge is 0.360 e. The predicted molar refractivity (Wildman–Crippen MR) is 80.4 cm³/mol. The third-order valence-electron chi connectivity index (χ3n) is 2.95. The molecule has 2 aromatic heterocycles. The van der Waals surface area contributed by atoms with Gasteiger partial charge in [0, 0.05) is 45.7 Å². The van der Waals surface area contributed by atoms with Crippen LogP contribution in [0.2, 0.25) is 0 Å². The van der Waals surface area contributed by atoms with Gasteiger partial charge in [-0.25, -0.2) is 0 Å². The van der Waals surface area contributed by atoms with Crippen molar-refractivity contribution in [2.45, 2.75) is 0 Å². The van der Waals surface area contributed by atoms with E-state index in [2.05, 4.69) is 20.9 Å². The van der Waals surface area contributed by atoms with Crippen LogP contribution in [0.1, 0.15) is 15.9 Å². The SMILES string of the molecule is O=C(c1csc(Br)c1)c1c[nH]c2ccc([N+](=O)[O-])cc12. The Labute approximate surface area is 125 Å². The van der Waals surface area contributed by atoms with Crippen LogP contribution in [-0.2, 0) is 0 Å². The fourth-order valence-corrected chi connectivity index (χ4v) is 3.13. The summed E-state index contributed by atoms with van der Waals surface area (Å²) in [6.07, 6.45) is 1.59. The second-order valence-corrected chi connectivity index (χ2v) is 6.45. The van der Waals surface area contributed by atoms with Crippen LogP contribution in [0, 0.1) is 10.1 Å². The van der Waals surface area contributed by atoms with E-state index in [9.17, 15) is 14.9 Å². The summed E-state index contributed by atoms with van der Waals surface area (Å²) in [7, 11) is 0. The second kappa shape index (κ2) is 4.84. The average molecular weight is 351 g/mol. The molecule has 100 valence electrons. The number of halogens is 1. The summed E-state index contributed by atoms with van der Waals surface area (Å²) in [5, 5.41) is 13.1. The molecule has 1 N–H and O–H groups in total. The molecule has 2 heterocycles. The van der Waals surface area contributed by atoms with Gasteiger partial charge in [-0.05, 0) is 28.1 Å². The summed E-state index contributed by atoms with van der Waals surface area (Å²) in [5.41, 5.74) is 1.68. The van der Waals surface area contributed by atoms with Crippen molar-refractivity contribution in [3.05, 3.63) is 60.9 Å². The van der Waals surface area contributed by atoms with E-state index in [4.69, 9.17) is 0 Å². The predicted octanol–water partition coefficient (Wildman–Crippen LogP) is 4.13. The number of aromatic nitrogens is 1. The number of hydrogen-bond donors (Lipinski definition) is 1. The second-order valence-electron chi connectivity index (χ2n) is 4.16. The van der Waals surface area contributed by atoms with Crippen molar-refractivity contribution in [3.63, 3.8) is 0 Å². The van der Waals surface area contributed by atoms with E-state index >= 15 is 0 Å². The number of nitrogens with zero attached hydrogens (tertiary/aromatic N) is 1. The van der Waals surface area contributed by atoms with Crippen molar-refractivity contribution < 1.29 is 9.72 Å². The van der Waals surface area contributed by atoms with Crippen LogP contribution in [0.5, 0.6) is 0 Å². The first kappa shape index (κ1) is 13.0. The Morgan fingerprint density at radius 2 is 2.15 bits per heavy atom. The molecule has 1 aromatic carbocycles. The third-order valence-corrected chi connectivity index (χ3v) is 4.45. The van der Waals surface area contributed by atoms with E-state index in [0.717, 1.165) is 3.79 Å². The van der Waals surface area contributed by atoms with E-state index < -0.39 is 4.92 Å². The monoisotopic (exact) mass is 350 g/mol. The highest BCUT2D eigenvalue weighted by molar-refractivity contribution is 9.11. The molecule has 3 aromatic rings. The minimum atomic E-state index is -0.470. The Morgan fingerprint density at radius 1 is 1.35 bits per heavy atom. The van der Waals surface area contributed by atoms with Crippen LogP contribution in [-0.4, -0.2) is 15.7 Å². The standard InChI is InChI=1S/C13H7BrN2O3S/c14-12-3-7(6-20-12)13(17)10-5-15-11-2-1-8(16(18)19)4-9(10)11/h1-6,15H. The first-order chi connectivity index (χ1) is 9.56. The molecule has 0 spiro atoms. The summed E-state index contributed by atoms with van der Waals surface area (Å²) < 4.78 is 0.867. The van der Waals surface area contributed by atoms with Gasteiger partial charge in [0.1, 0.15) is 0 Å². The van der Waals surface area contributed by atoms with Crippen LogP contribution in [0.3, 0.4) is 0 Å². The highest BCUT2D eigenvalue weighted by Crippen LogP contribution is 2.28. The summed E-state index contributed by atoms with van der Waals surface area (Å²) in [4.78, 5) is 25.7. The number of hydrogen-bond acceptors (Lipinski definition) is 4. The van der Waals surface area contributed by atoms with Gasteiger partial charge in [0.2, 0.25) is 0 Å². The van der Waals surface area contributed by atoms with Crippen molar-refractivity contribution in [3.8, 4) is 0 Å². The third kappa shape index (κ3) is 2.14. The number of carbonyl (C=O) groups is 1. The summed E-state index contributed by atoms with van der Waals surface area (Å²) in [5.74, 6) is -0.154. The number of nitrogens with one attached hydrogen (secondary N) is 1. The molecule has 0 amide bonds. The molecule has 0 unspecified atom stereocenters. The molecule has 3 rings (SSSR count). The molecule has 0 fully saturated rings. The number of benzene rings is 1. The zero-order valence-electron chi connectivity index (χ0n) is 9.92. The lowest BCUT2D eigenvalue weighted by molar-refractivity contribution is -0.384. The van der Waals surface area contributed by atoms with Gasteiger partial charge in [-0.2, -0.15) is 0 Å². The zero-order valence-corrected chi connectivity index (χ0v) is 12.3. The molecular formula is C13H7BrN2O3S. The highest BCUT2D eigenvalue weighted by atomic mass is 79.9. The Bertz CT molecular complexity index is 837. The van der Waals surface area contributed by atoms with Crippen molar-refractivity contribution in [1.29, 1.82) is 0 Å². The summed E-state index contributed by atoms with van der Waals surface area (Å²) in [6.45, 7) is 0. The fraction of sp³-hybridized carbons (Fsp3) is 0. The van der Waals surface area contributed by atoms with Crippen molar-refractivity contribution in [2.75, 3.05) is 0 Å². The molecule has 5 nitrogen and oxygen atoms in total. The maximum absolute atomic E-state index is 12.4. The molecule has 20 heavy (non-hydrogen) atoms. The van der Waals surface area contributed by atoms with Gasteiger partial charge in [-0.1, -0.05) is 0 Å². The van der Waals surface area contributed by atoms with Crippen LogP contribution in [0.15, 0.2) is 39.6 Å². The lowest BCUT2D eigenvalue weighted by atomic mass is 10.0. The van der Waals surface area contributed by atoms with Crippen molar-refractivity contribution in [1.82, 2.24) is 4.98 Å². The van der Waals surface area contributed by atoms with E-state index in [1.165, 1.54) is 23.5 Å². The van der Waals surface area contributed by atoms with Gasteiger partial charge < -0.3 is 4.98 Å². The number of ketones is 1. The number of H-pyrrole nitrogens is 1. The smallest absolute Gasteiger partial charge is 0.270 e. The van der Waals surface area contributed by atoms with E-state index in [1.807, 2.05) is 0 Å². The van der Waals surface area contributed by atoms with Crippen LogP contribution < -0.4 is 0 Å². The Morgan fingerprint density at radius 3 is 2.80 bits per heavy atom. The Kier molecular flexibility index (Phi) is 3.15. The normalized spacial score (nSPS) is 10.8. The van der Waals surface area contributed by atoms with E-state index in [1.54, 1.807) is 23.7 Å². The highest BCUT2D eigenvalue weighted by Gasteiger charge is 2.17. The number of fused-ring (bicyclic) bond motifs is 1. The molecule has 0 atom stereocenters. The first-order valence-electron chi connectivity index (χ1n) is 5.60. The topological polar surface area (TPSA) is 76.0 Å². The molecule has 0 aliphatic heterocycles. The molecular weight excluding hydrogens is 344 g/mol. The number of thiophene rings is 1. The number of aromatic amines is 1. The van der Waals surface area contributed by atoms with Gasteiger partial charge in [0.25, 0.3) is 5.69 Å². The number of non-ortho nitro benzene ring substituents is 1. The molecule has 7 heteroatoms. The molecule has 0 saturated carbocycles. The van der Waals surface area contributed by atoms with E-state index in [0.29, 0.717) is 22.0 Å². The summed E-state index contributed by atoms with van der Waals surface area (Å²) in [6, 6.07) is 6.17. The average Bonchev–Trinajstić information content (AvgIpc) is 3.03. The Hall–Kier alpha value is -1.99. The Balaban J connectivity index is 2.14. The molecule has 0 aliphatic carbocycles. The number of nitro benzene ring substituents is 1. The molecule has 0 saturated heterocycles. The first-order valence-corrected chi connectivity index (χ1v) is 7.28.